The predicted molar refractivity (Wildman–Crippen MR) is 66.6 cm³/mol. The molecule has 0 spiro atoms. The van der Waals surface area contributed by atoms with E-state index in [0.717, 1.165) is 17.7 Å². The van der Waals surface area contributed by atoms with Crippen LogP contribution in [0.5, 0.6) is 0 Å². The van der Waals surface area contributed by atoms with E-state index in [0.29, 0.717) is 10.7 Å². The molecule has 1 aromatic carbocycles. The number of hydrogen-bond acceptors (Lipinski definition) is 2. The summed E-state index contributed by atoms with van der Waals surface area (Å²) in [5, 5.41) is 0.677. The number of nitrogens with two attached hydrogens (primary N) is 1. The number of anilines is 1. The minimum atomic E-state index is -0.980. The summed E-state index contributed by atoms with van der Waals surface area (Å²) in [7, 11) is -0.980. The van der Waals surface area contributed by atoms with Crippen molar-refractivity contribution in [2.75, 3.05) is 5.73 Å². The third kappa shape index (κ3) is 2.95. The Morgan fingerprint density at radius 2 is 2.00 bits per heavy atom. The smallest absolute Gasteiger partial charge is 0.0647 e. The molecule has 0 bridgehead atoms. The molecule has 0 radical (unpaired) electrons. The number of benzene rings is 1. The normalized spacial score (nSPS) is 13.1. The Labute approximate surface area is 98.3 Å². The number of halogens is 1. The Morgan fingerprint density at radius 1 is 1.40 bits per heavy atom. The number of hydrogen-bond donors (Lipinski definition) is 1. The molecule has 0 aliphatic rings. The molecular weight excluding hydrogens is 230 g/mol. The van der Waals surface area contributed by atoms with Crippen molar-refractivity contribution in [3.63, 3.8) is 0 Å². The Morgan fingerprint density at radius 3 is 2.47 bits per heavy atom. The molecule has 1 atom stereocenters. The zero-order chi connectivity index (χ0) is 11.4. The van der Waals surface area contributed by atoms with Gasteiger partial charge in [-0.25, -0.2) is 0 Å². The van der Waals surface area contributed by atoms with Gasteiger partial charge in [-0.3, -0.25) is 4.21 Å². The van der Waals surface area contributed by atoms with Gasteiger partial charge < -0.3 is 5.73 Å². The highest BCUT2D eigenvalue weighted by atomic mass is 35.5. The van der Waals surface area contributed by atoms with Crippen LogP contribution in [0.3, 0.4) is 0 Å². The molecular formula is C11H16ClNOS. The summed E-state index contributed by atoms with van der Waals surface area (Å²) in [5.41, 5.74) is 6.13. The van der Waals surface area contributed by atoms with Gasteiger partial charge in [0.2, 0.25) is 0 Å². The fourth-order valence-corrected chi connectivity index (χ4v) is 3.09. The molecule has 0 amide bonds. The van der Waals surface area contributed by atoms with Gasteiger partial charge in [-0.2, -0.15) is 0 Å². The Bertz CT molecular complexity index is 364. The van der Waals surface area contributed by atoms with Crippen LogP contribution in [-0.4, -0.2) is 9.46 Å². The minimum absolute atomic E-state index is 0.199. The Hall–Kier alpha value is -0.540. The van der Waals surface area contributed by atoms with Gasteiger partial charge in [0.05, 0.1) is 21.5 Å². The molecule has 1 rings (SSSR count). The Balaban J connectivity index is 2.96. The zero-order valence-electron chi connectivity index (χ0n) is 9.00. The first-order valence-electron chi connectivity index (χ1n) is 5.05. The van der Waals surface area contributed by atoms with Crippen LogP contribution in [-0.2, 0) is 10.8 Å². The van der Waals surface area contributed by atoms with Crippen molar-refractivity contribution in [3.05, 3.63) is 23.2 Å². The van der Waals surface area contributed by atoms with Gasteiger partial charge in [-0.05, 0) is 31.0 Å². The number of rotatable bonds is 4. The van der Waals surface area contributed by atoms with Gasteiger partial charge in [0.1, 0.15) is 0 Å². The first-order valence-corrected chi connectivity index (χ1v) is 6.64. The Kier molecular flexibility index (Phi) is 4.61. The summed E-state index contributed by atoms with van der Waals surface area (Å²) < 4.78 is 12.1. The van der Waals surface area contributed by atoms with Crippen LogP contribution in [0.25, 0.3) is 0 Å². The topological polar surface area (TPSA) is 43.1 Å². The van der Waals surface area contributed by atoms with E-state index in [1.807, 2.05) is 13.8 Å². The van der Waals surface area contributed by atoms with Crippen molar-refractivity contribution in [2.24, 2.45) is 0 Å². The summed E-state index contributed by atoms with van der Waals surface area (Å²) in [6.45, 7) is 4.09. The van der Waals surface area contributed by atoms with E-state index >= 15 is 0 Å². The van der Waals surface area contributed by atoms with E-state index in [1.54, 1.807) is 18.2 Å². The van der Waals surface area contributed by atoms with Gasteiger partial charge >= 0.3 is 0 Å². The quantitative estimate of drug-likeness (QED) is 0.828. The van der Waals surface area contributed by atoms with Crippen LogP contribution in [0.15, 0.2) is 23.1 Å². The highest BCUT2D eigenvalue weighted by Gasteiger charge is 2.15. The van der Waals surface area contributed by atoms with Crippen molar-refractivity contribution >= 4 is 28.1 Å². The third-order valence-electron chi connectivity index (χ3n) is 2.42. The van der Waals surface area contributed by atoms with Crippen molar-refractivity contribution in [1.29, 1.82) is 0 Å². The number of nitrogen functional groups attached to an aromatic ring is 1. The highest BCUT2D eigenvalue weighted by molar-refractivity contribution is 7.85. The van der Waals surface area contributed by atoms with E-state index in [-0.39, 0.29) is 5.25 Å². The minimum Gasteiger partial charge on any atom is -0.398 e. The maximum absolute atomic E-state index is 12.1. The molecule has 15 heavy (non-hydrogen) atoms. The second-order valence-corrected chi connectivity index (χ2v) is 5.56. The maximum atomic E-state index is 12.1. The summed E-state index contributed by atoms with van der Waals surface area (Å²) >= 11 is 5.89. The fraction of sp³-hybridized carbons (Fsp3) is 0.455. The molecule has 1 aromatic rings. The molecule has 0 aromatic heterocycles. The van der Waals surface area contributed by atoms with Crippen LogP contribution in [0.4, 0.5) is 5.69 Å². The molecule has 0 heterocycles. The molecule has 0 saturated heterocycles. The molecule has 0 fully saturated rings. The van der Waals surface area contributed by atoms with Crippen LogP contribution in [0.2, 0.25) is 5.02 Å². The lowest BCUT2D eigenvalue weighted by Gasteiger charge is -2.12. The zero-order valence-corrected chi connectivity index (χ0v) is 10.6. The van der Waals surface area contributed by atoms with E-state index in [4.69, 9.17) is 17.3 Å². The molecule has 4 heteroatoms. The molecule has 1 unspecified atom stereocenters. The van der Waals surface area contributed by atoms with E-state index in [1.165, 1.54) is 0 Å². The molecule has 84 valence electrons. The second kappa shape index (κ2) is 5.52. The van der Waals surface area contributed by atoms with Crippen molar-refractivity contribution in [3.8, 4) is 0 Å². The first-order chi connectivity index (χ1) is 7.10. The van der Waals surface area contributed by atoms with E-state index in [9.17, 15) is 4.21 Å². The van der Waals surface area contributed by atoms with E-state index < -0.39 is 10.8 Å². The largest absolute Gasteiger partial charge is 0.398 e. The summed E-state index contributed by atoms with van der Waals surface area (Å²) in [6.07, 6.45) is 1.82. The first kappa shape index (κ1) is 12.5. The lowest BCUT2D eigenvalue weighted by atomic mass is 10.3. The molecule has 2 nitrogen and oxygen atoms in total. The lowest BCUT2D eigenvalue weighted by molar-refractivity contribution is 0.658. The van der Waals surface area contributed by atoms with Gasteiger partial charge in [0, 0.05) is 10.1 Å². The fourth-order valence-electron chi connectivity index (χ4n) is 1.42. The summed E-state index contributed by atoms with van der Waals surface area (Å²) in [4.78, 5) is 0.767. The average molecular weight is 246 g/mol. The van der Waals surface area contributed by atoms with Gasteiger partial charge in [-0.15, -0.1) is 0 Å². The standard InChI is InChI=1S/C11H16ClNOS/c1-3-8(4-2)15(14)9-5-6-11(13)10(12)7-9/h5-8H,3-4,13H2,1-2H3. The molecule has 2 N–H and O–H groups in total. The van der Waals surface area contributed by atoms with Crippen LogP contribution >= 0.6 is 11.6 Å². The van der Waals surface area contributed by atoms with Crippen LogP contribution in [0, 0.1) is 0 Å². The average Bonchev–Trinajstić information content (AvgIpc) is 2.23. The van der Waals surface area contributed by atoms with Crippen molar-refractivity contribution < 1.29 is 4.21 Å². The van der Waals surface area contributed by atoms with Crippen molar-refractivity contribution in [1.82, 2.24) is 0 Å². The van der Waals surface area contributed by atoms with Crippen LogP contribution < -0.4 is 5.73 Å². The second-order valence-electron chi connectivity index (χ2n) is 3.42. The summed E-state index contributed by atoms with van der Waals surface area (Å²) in [6, 6.07) is 5.19. The van der Waals surface area contributed by atoms with Crippen LogP contribution in [0.1, 0.15) is 26.7 Å². The van der Waals surface area contributed by atoms with Gasteiger partial charge in [0.25, 0.3) is 0 Å². The molecule has 0 aliphatic carbocycles. The van der Waals surface area contributed by atoms with E-state index in [2.05, 4.69) is 0 Å². The monoisotopic (exact) mass is 245 g/mol. The summed E-state index contributed by atoms with van der Waals surface area (Å²) in [5.74, 6) is 0. The van der Waals surface area contributed by atoms with Gasteiger partial charge in [-0.1, -0.05) is 25.4 Å². The molecule has 0 saturated carbocycles. The predicted octanol–water partition coefficient (Wildman–Crippen LogP) is 3.22. The maximum Gasteiger partial charge on any atom is 0.0647 e. The third-order valence-corrected chi connectivity index (χ3v) is 4.74. The SMILES string of the molecule is CCC(CC)S(=O)c1ccc(N)c(Cl)c1. The highest BCUT2D eigenvalue weighted by Crippen LogP contribution is 2.24. The van der Waals surface area contributed by atoms with Gasteiger partial charge in [0.15, 0.2) is 0 Å². The van der Waals surface area contributed by atoms with Crippen molar-refractivity contribution in [2.45, 2.75) is 36.8 Å². The molecule has 0 aliphatic heterocycles. The lowest BCUT2D eigenvalue weighted by Crippen LogP contribution is -2.12.